The first-order valence-corrected chi connectivity index (χ1v) is 8.66. The van der Waals surface area contributed by atoms with Gasteiger partial charge in [0.15, 0.2) is 6.61 Å². The summed E-state index contributed by atoms with van der Waals surface area (Å²) >= 11 is 5.81. The van der Waals surface area contributed by atoms with Crippen molar-refractivity contribution in [1.29, 1.82) is 0 Å². The fourth-order valence-electron chi connectivity index (χ4n) is 2.90. The number of hydrogen-bond donors (Lipinski definition) is 1. The Hall–Kier alpha value is -2.27. The second-order valence-electron chi connectivity index (χ2n) is 6.05. The van der Waals surface area contributed by atoms with Gasteiger partial charge in [0.25, 0.3) is 5.91 Å². The molecule has 2 aromatic carbocycles. The average Bonchev–Trinajstić information content (AvgIpc) is 2.62. The summed E-state index contributed by atoms with van der Waals surface area (Å²) in [6.45, 7) is 1.55. The van der Waals surface area contributed by atoms with Crippen LogP contribution in [0.3, 0.4) is 0 Å². The zero-order valence-electron chi connectivity index (χ0n) is 13.8. The SMILES string of the molecule is O=C(COc1ccc(Cl)cc1)NC1CCN(c2cccc(F)c2)CC1. The molecule has 0 spiro atoms. The van der Waals surface area contributed by atoms with Crippen molar-refractivity contribution in [2.75, 3.05) is 24.6 Å². The van der Waals surface area contributed by atoms with Crippen LogP contribution in [0.5, 0.6) is 5.75 Å². The van der Waals surface area contributed by atoms with E-state index in [0.29, 0.717) is 10.8 Å². The molecule has 1 saturated heterocycles. The van der Waals surface area contributed by atoms with E-state index in [4.69, 9.17) is 16.3 Å². The van der Waals surface area contributed by atoms with Crippen LogP contribution in [0.15, 0.2) is 48.5 Å². The minimum absolute atomic E-state index is 0.0221. The topological polar surface area (TPSA) is 41.6 Å². The van der Waals surface area contributed by atoms with Gasteiger partial charge >= 0.3 is 0 Å². The highest BCUT2D eigenvalue weighted by molar-refractivity contribution is 6.30. The quantitative estimate of drug-likeness (QED) is 0.882. The van der Waals surface area contributed by atoms with E-state index in [9.17, 15) is 9.18 Å². The van der Waals surface area contributed by atoms with Gasteiger partial charge in [0, 0.05) is 29.8 Å². The maximum Gasteiger partial charge on any atom is 0.258 e. The Morgan fingerprint density at radius 2 is 1.92 bits per heavy atom. The van der Waals surface area contributed by atoms with Gasteiger partial charge in [-0.15, -0.1) is 0 Å². The highest BCUT2D eigenvalue weighted by Gasteiger charge is 2.21. The molecule has 1 N–H and O–H groups in total. The normalized spacial score (nSPS) is 15.0. The predicted molar refractivity (Wildman–Crippen MR) is 96.7 cm³/mol. The van der Waals surface area contributed by atoms with E-state index >= 15 is 0 Å². The van der Waals surface area contributed by atoms with Gasteiger partial charge in [-0.05, 0) is 55.3 Å². The van der Waals surface area contributed by atoms with E-state index in [0.717, 1.165) is 31.6 Å². The van der Waals surface area contributed by atoms with Crippen LogP contribution >= 0.6 is 11.6 Å². The van der Waals surface area contributed by atoms with Crippen molar-refractivity contribution in [3.8, 4) is 5.75 Å². The van der Waals surface area contributed by atoms with Gasteiger partial charge in [-0.2, -0.15) is 0 Å². The van der Waals surface area contributed by atoms with E-state index in [2.05, 4.69) is 10.2 Å². The molecule has 0 unspecified atom stereocenters. The molecule has 0 saturated carbocycles. The third-order valence-electron chi connectivity index (χ3n) is 4.22. The molecular formula is C19H20ClFN2O2. The number of carbonyl (C=O) groups is 1. The number of ether oxygens (including phenoxy) is 1. The Labute approximate surface area is 151 Å². The summed E-state index contributed by atoms with van der Waals surface area (Å²) in [6, 6.07) is 13.6. The molecule has 0 aromatic heterocycles. The minimum Gasteiger partial charge on any atom is -0.484 e. The summed E-state index contributed by atoms with van der Waals surface area (Å²) in [5.41, 5.74) is 0.885. The Bertz CT molecular complexity index is 716. The maximum absolute atomic E-state index is 13.3. The predicted octanol–water partition coefficient (Wildman–Crippen LogP) is 3.64. The van der Waals surface area contributed by atoms with E-state index in [1.807, 2.05) is 6.07 Å². The van der Waals surface area contributed by atoms with Gasteiger partial charge in [-0.25, -0.2) is 4.39 Å². The van der Waals surface area contributed by atoms with Gasteiger partial charge < -0.3 is 15.0 Å². The largest absolute Gasteiger partial charge is 0.484 e. The van der Waals surface area contributed by atoms with E-state index < -0.39 is 0 Å². The molecule has 1 aliphatic heterocycles. The van der Waals surface area contributed by atoms with E-state index in [-0.39, 0.29) is 24.4 Å². The fraction of sp³-hybridized carbons (Fsp3) is 0.316. The number of benzene rings is 2. The first-order chi connectivity index (χ1) is 12.1. The van der Waals surface area contributed by atoms with Crippen molar-refractivity contribution < 1.29 is 13.9 Å². The van der Waals surface area contributed by atoms with Crippen molar-refractivity contribution in [2.24, 2.45) is 0 Å². The van der Waals surface area contributed by atoms with Crippen LogP contribution in [0.2, 0.25) is 5.02 Å². The van der Waals surface area contributed by atoms with Gasteiger partial charge in [0.2, 0.25) is 0 Å². The lowest BCUT2D eigenvalue weighted by Crippen LogP contribution is -2.46. The second-order valence-corrected chi connectivity index (χ2v) is 6.49. The lowest BCUT2D eigenvalue weighted by molar-refractivity contribution is -0.123. The third-order valence-corrected chi connectivity index (χ3v) is 4.47. The molecule has 2 aromatic rings. The molecular weight excluding hydrogens is 343 g/mol. The highest BCUT2D eigenvalue weighted by atomic mass is 35.5. The van der Waals surface area contributed by atoms with Crippen LogP contribution in [0.4, 0.5) is 10.1 Å². The molecule has 1 amide bonds. The lowest BCUT2D eigenvalue weighted by Gasteiger charge is -2.34. The Morgan fingerprint density at radius 1 is 1.20 bits per heavy atom. The van der Waals surface area contributed by atoms with Gasteiger partial charge in [-0.3, -0.25) is 4.79 Å². The summed E-state index contributed by atoms with van der Waals surface area (Å²) in [5.74, 6) is 0.243. The molecule has 1 aliphatic rings. The van der Waals surface area contributed by atoms with Gasteiger partial charge in [0.05, 0.1) is 0 Å². The summed E-state index contributed by atoms with van der Waals surface area (Å²) in [6.07, 6.45) is 1.65. The lowest BCUT2D eigenvalue weighted by atomic mass is 10.0. The molecule has 132 valence electrons. The number of halogens is 2. The van der Waals surface area contributed by atoms with Crippen LogP contribution in [0.1, 0.15) is 12.8 Å². The Kier molecular flexibility index (Phi) is 5.76. The standard InChI is InChI=1S/C19H20ClFN2O2/c20-14-4-6-18(7-5-14)25-13-19(24)22-16-8-10-23(11-9-16)17-3-1-2-15(21)12-17/h1-7,12,16H,8-11,13H2,(H,22,24). The molecule has 4 nitrogen and oxygen atoms in total. The van der Waals surface area contributed by atoms with Crippen molar-refractivity contribution in [1.82, 2.24) is 5.32 Å². The fourth-order valence-corrected chi connectivity index (χ4v) is 3.03. The third kappa shape index (κ3) is 5.10. The summed E-state index contributed by atoms with van der Waals surface area (Å²) in [4.78, 5) is 14.2. The Morgan fingerprint density at radius 3 is 2.60 bits per heavy atom. The van der Waals surface area contributed by atoms with Crippen molar-refractivity contribution >= 4 is 23.2 Å². The zero-order valence-corrected chi connectivity index (χ0v) is 14.5. The first-order valence-electron chi connectivity index (χ1n) is 8.28. The maximum atomic E-state index is 13.3. The number of hydrogen-bond acceptors (Lipinski definition) is 3. The number of nitrogens with zero attached hydrogens (tertiary/aromatic N) is 1. The zero-order chi connectivity index (χ0) is 17.6. The molecule has 0 bridgehead atoms. The molecule has 1 heterocycles. The van der Waals surface area contributed by atoms with Crippen molar-refractivity contribution in [3.05, 3.63) is 59.4 Å². The molecule has 0 radical (unpaired) electrons. The van der Waals surface area contributed by atoms with Crippen molar-refractivity contribution in [3.63, 3.8) is 0 Å². The summed E-state index contributed by atoms with van der Waals surface area (Å²) in [5, 5.41) is 3.62. The van der Waals surface area contributed by atoms with Crippen LogP contribution in [-0.2, 0) is 4.79 Å². The highest BCUT2D eigenvalue weighted by Crippen LogP contribution is 2.21. The number of amides is 1. The first kappa shape index (κ1) is 17.5. The summed E-state index contributed by atoms with van der Waals surface area (Å²) < 4.78 is 18.8. The van der Waals surface area contributed by atoms with E-state index in [1.54, 1.807) is 36.4 Å². The van der Waals surface area contributed by atoms with Crippen LogP contribution in [0.25, 0.3) is 0 Å². The smallest absolute Gasteiger partial charge is 0.258 e. The van der Waals surface area contributed by atoms with Crippen molar-refractivity contribution in [2.45, 2.75) is 18.9 Å². The van der Waals surface area contributed by atoms with Crippen LogP contribution < -0.4 is 15.0 Å². The molecule has 1 fully saturated rings. The monoisotopic (exact) mass is 362 g/mol. The number of rotatable bonds is 5. The van der Waals surface area contributed by atoms with Gasteiger partial charge in [-0.1, -0.05) is 17.7 Å². The number of nitrogens with one attached hydrogen (secondary N) is 1. The molecule has 25 heavy (non-hydrogen) atoms. The van der Waals surface area contributed by atoms with Crippen LogP contribution in [-0.4, -0.2) is 31.6 Å². The number of anilines is 1. The Balaban J connectivity index is 1.42. The van der Waals surface area contributed by atoms with Crippen LogP contribution in [0, 0.1) is 5.82 Å². The number of piperidine rings is 1. The molecule has 0 atom stereocenters. The van der Waals surface area contributed by atoms with Gasteiger partial charge in [0.1, 0.15) is 11.6 Å². The minimum atomic E-state index is -0.229. The second kappa shape index (κ2) is 8.21. The molecule has 6 heteroatoms. The summed E-state index contributed by atoms with van der Waals surface area (Å²) in [7, 11) is 0. The number of carbonyl (C=O) groups excluding carboxylic acids is 1. The molecule has 3 rings (SSSR count). The average molecular weight is 363 g/mol. The van der Waals surface area contributed by atoms with E-state index in [1.165, 1.54) is 6.07 Å². The molecule has 0 aliphatic carbocycles.